The second kappa shape index (κ2) is 9.47. The first-order valence-electron chi connectivity index (χ1n) is 7.39. The third-order valence-corrected chi connectivity index (χ3v) is 4.26. The highest BCUT2D eigenvalue weighted by Crippen LogP contribution is 2.09. The molecule has 0 aromatic carbocycles. The van der Waals surface area contributed by atoms with Crippen LogP contribution in [0, 0.1) is 0 Å². The van der Waals surface area contributed by atoms with E-state index in [-0.39, 0.29) is 11.5 Å². The molecule has 0 heterocycles. The number of unbranched alkanes of at least 4 members (excludes halogenated alkanes) is 4. The van der Waals surface area contributed by atoms with Crippen LogP contribution in [0.3, 0.4) is 0 Å². The fraction of sp³-hybridized carbons (Fsp3) is 0.929. The highest BCUT2D eigenvalue weighted by Gasteiger charge is 2.14. The number of quaternary nitrogens is 1. The number of Topliss-reactive ketones (excluding diaryl/α,β-unsaturated/α-hetero) is 1. The summed E-state index contributed by atoms with van der Waals surface area (Å²) in [5, 5.41) is 0. The van der Waals surface area contributed by atoms with E-state index < -0.39 is 10.1 Å². The lowest BCUT2D eigenvalue weighted by atomic mass is 10.1. The maximum atomic E-state index is 10.8. The molecule has 0 aliphatic heterocycles. The summed E-state index contributed by atoms with van der Waals surface area (Å²) in [5.41, 5.74) is 0. The Morgan fingerprint density at radius 1 is 0.950 bits per heavy atom. The van der Waals surface area contributed by atoms with Crippen LogP contribution in [-0.2, 0) is 14.9 Å². The number of ketones is 1. The molecular weight excluding hydrogens is 278 g/mol. The molecule has 0 rings (SSSR count). The van der Waals surface area contributed by atoms with Crippen molar-refractivity contribution >= 4 is 15.9 Å². The molecule has 0 aliphatic rings. The summed E-state index contributed by atoms with van der Waals surface area (Å²) in [6.07, 6.45) is 6.18. The second-order valence-corrected chi connectivity index (χ2v) is 7.81. The SMILES string of the molecule is CC(=O)CCCCC[N+](C)(C)CCCCCS(=O)(=O)O. The van der Waals surface area contributed by atoms with Gasteiger partial charge in [0.2, 0.25) is 0 Å². The Labute approximate surface area is 123 Å². The molecule has 20 heavy (non-hydrogen) atoms. The number of hydrogen-bond acceptors (Lipinski definition) is 3. The first-order valence-corrected chi connectivity index (χ1v) is 9.00. The van der Waals surface area contributed by atoms with Crippen molar-refractivity contribution in [2.75, 3.05) is 32.9 Å². The molecule has 0 aromatic rings. The van der Waals surface area contributed by atoms with Gasteiger partial charge in [-0.1, -0.05) is 0 Å². The quantitative estimate of drug-likeness (QED) is 0.341. The predicted octanol–water partition coefficient (Wildman–Crippen LogP) is 2.27. The fourth-order valence-corrected chi connectivity index (χ4v) is 2.77. The largest absolute Gasteiger partial charge is 0.328 e. The van der Waals surface area contributed by atoms with Crippen molar-refractivity contribution in [2.24, 2.45) is 0 Å². The van der Waals surface area contributed by atoms with Gasteiger partial charge in [-0.2, -0.15) is 8.42 Å². The highest BCUT2D eigenvalue weighted by molar-refractivity contribution is 7.85. The van der Waals surface area contributed by atoms with E-state index in [1.54, 1.807) is 6.92 Å². The number of carbonyl (C=O) groups is 1. The smallest absolute Gasteiger partial charge is 0.264 e. The van der Waals surface area contributed by atoms with Gasteiger partial charge in [-0.15, -0.1) is 0 Å². The molecule has 5 nitrogen and oxygen atoms in total. The molecule has 0 bridgehead atoms. The van der Waals surface area contributed by atoms with Crippen molar-refractivity contribution < 1.29 is 22.2 Å². The third-order valence-electron chi connectivity index (χ3n) is 3.46. The lowest BCUT2D eigenvalue weighted by molar-refractivity contribution is -0.890. The molecule has 0 amide bonds. The van der Waals surface area contributed by atoms with Crippen LogP contribution in [0.5, 0.6) is 0 Å². The van der Waals surface area contributed by atoms with Crippen molar-refractivity contribution in [3.63, 3.8) is 0 Å². The van der Waals surface area contributed by atoms with E-state index in [0.717, 1.165) is 49.7 Å². The molecule has 0 radical (unpaired) electrons. The van der Waals surface area contributed by atoms with Gasteiger partial charge < -0.3 is 9.28 Å². The Hall–Kier alpha value is -0.460. The molecule has 6 heteroatoms. The van der Waals surface area contributed by atoms with Crippen LogP contribution in [0.4, 0.5) is 0 Å². The predicted molar refractivity (Wildman–Crippen MR) is 81.3 cm³/mol. The zero-order valence-corrected chi connectivity index (χ0v) is 13.9. The zero-order valence-electron chi connectivity index (χ0n) is 13.1. The van der Waals surface area contributed by atoms with Crippen LogP contribution in [0.15, 0.2) is 0 Å². The van der Waals surface area contributed by atoms with Crippen LogP contribution in [0.2, 0.25) is 0 Å². The van der Waals surface area contributed by atoms with Gasteiger partial charge in [-0.05, 0) is 45.4 Å². The molecule has 0 fully saturated rings. The number of carbonyl (C=O) groups excluding carboxylic acids is 1. The molecule has 0 atom stereocenters. The molecule has 120 valence electrons. The molecule has 1 N–H and O–H groups in total. The average Bonchev–Trinajstić information content (AvgIpc) is 2.25. The van der Waals surface area contributed by atoms with E-state index in [1.165, 1.54) is 0 Å². The van der Waals surface area contributed by atoms with Gasteiger partial charge in [0.25, 0.3) is 10.1 Å². The van der Waals surface area contributed by atoms with E-state index in [2.05, 4.69) is 14.1 Å². The average molecular weight is 308 g/mol. The number of hydrogen-bond donors (Lipinski definition) is 1. The molecule has 0 saturated carbocycles. The summed E-state index contributed by atoms with van der Waals surface area (Å²) in [6.45, 7) is 3.72. The van der Waals surface area contributed by atoms with Gasteiger partial charge in [-0.3, -0.25) is 4.55 Å². The van der Waals surface area contributed by atoms with Crippen LogP contribution in [0.1, 0.15) is 51.9 Å². The van der Waals surface area contributed by atoms with Gasteiger partial charge >= 0.3 is 0 Å². The van der Waals surface area contributed by atoms with Gasteiger partial charge in [0.05, 0.1) is 32.9 Å². The minimum Gasteiger partial charge on any atom is -0.328 e. The molecule has 0 unspecified atom stereocenters. The molecule has 0 saturated heterocycles. The standard InChI is InChI=1S/C14H29NO4S/c1-14(16)10-6-4-7-11-15(2,3)12-8-5-9-13-20(17,18)19/h4-13H2,1-3H3/p+1. The third kappa shape index (κ3) is 14.0. The summed E-state index contributed by atoms with van der Waals surface area (Å²) in [5.74, 6) is 0.128. The Morgan fingerprint density at radius 2 is 1.45 bits per heavy atom. The van der Waals surface area contributed by atoms with Crippen molar-refractivity contribution in [3.05, 3.63) is 0 Å². The normalized spacial score (nSPS) is 12.6. The van der Waals surface area contributed by atoms with Crippen molar-refractivity contribution in [3.8, 4) is 0 Å². The molecule has 0 aromatic heterocycles. The summed E-state index contributed by atoms with van der Waals surface area (Å²) >= 11 is 0. The lowest BCUT2D eigenvalue weighted by Gasteiger charge is -2.30. The maximum absolute atomic E-state index is 10.8. The van der Waals surface area contributed by atoms with E-state index in [0.29, 0.717) is 12.8 Å². The van der Waals surface area contributed by atoms with Crippen LogP contribution in [0.25, 0.3) is 0 Å². The second-order valence-electron chi connectivity index (χ2n) is 6.24. The van der Waals surface area contributed by atoms with Crippen molar-refractivity contribution in [1.82, 2.24) is 0 Å². The van der Waals surface area contributed by atoms with E-state index >= 15 is 0 Å². The summed E-state index contributed by atoms with van der Waals surface area (Å²) in [4.78, 5) is 10.8. The molecule has 0 spiro atoms. The summed E-state index contributed by atoms with van der Waals surface area (Å²) < 4.78 is 30.7. The number of nitrogens with zero attached hydrogens (tertiary/aromatic N) is 1. The highest BCUT2D eigenvalue weighted by atomic mass is 32.2. The van der Waals surface area contributed by atoms with Crippen LogP contribution >= 0.6 is 0 Å². The fourth-order valence-electron chi connectivity index (χ4n) is 2.20. The van der Waals surface area contributed by atoms with E-state index in [9.17, 15) is 13.2 Å². The van der Waals surface area contributed by atoms with Gasteiger partial charge in [0.15, 0.2) is 0 Å². The van der Waals surface area contributed by atoms with E-state index in [1.807, 2.05) is 0 Å². The Balaban J connectivity index is 3.61. The first kappa shape index (κ1) is 19.5. The van der Waals surface area contributed by atoms with Crippen LogP contribution < -0.4 is 0 Å². The van der Waals surface area contributed by atoms with Crippen LogP contribution in [-0.4, -0.2) is 56.2 Å². The lowest BCUT2D eigenvalue weighted by Crippen LogP contribution is -2.41. The Kier molecular flexibility index (Phi) is 9.25. The van der Waals surface area contributed by atoms with Gasteiger partial charge in [0, 0.05) is 6.42 Å². The first-order chi connectivity index (χ1) is 9.12. The summed E-state index contributed by atoms with van der Waals surface area (Å²) in [6, 6.07) is 0. The minimum atomic E-state index is -3.80. The molecule has 0 aliphatic carbocycles. The van der Waals surface area contributed by atoms with E-state index in [4.69, 9.17) is 4.55 Å². The zero-order chi connectivity index (χ0) is 15.6. The topological polar surface area (TPSA) is 71.4 Å². The molecular formula is C14H30NO4S+. The van der Waals surface area contributed by atoms with Gasteiger partial charge in [-0.25, -0.2) is 0 Å². The Bertz CT molecular complexity index is 377. The van der Waals surface area contributed by atoms with Crippen molar-refractivity contribution in [2.45, 2.75) is 51.9 Å². The Morgan fingerprint density at radius 3 is 1.90 bits per heavy atom. The monoisotopic (exact) mass is 308 g/mol. The number of rotatable bonds is 12. The summed E-state index contributed by atoms with van der Waals surface area (Å²) in [7, 11) is 0.548. The maximum Gasteiger partial charge on any atom is 0.264 e. The minimum absolute atomic E-state index is 0.133. The van der Waals surface area contributed by atoms with Gasteiger partial charge in [0.1, 0.15) is 5.78 Å². The van der Waals surface area contributed by atoms with Crippen molar-refractivity contribution in [1.29, 1.82) is 0 Å².